The standard InChI is InChI=1S/C24H35N5O2/c1-3-25-24(27-12-11-21-9-6-8-20-7-4-5-10-22(20)21)29-16-14-28(15-17-29)19-23(30)26-13-18-31-2/h4-10H,3,11-19H2,1-2H3,(H,25,27)(H,26,30). The summed E-state index contributed by atoms with van der Waals surface area (Å²) in [6, 6.07) is 15.0. The van der Waals surface area contributed by atoms with Crippen LogP contribution in [0.2, 0.25) is 0 Å². The predicted octanol–water partition coefficient (Wildman–Crippen LogP) is 1.73. The molecular weight excluding hydrogens is 390 g/mol. The Morgan fingerprint density at radius 2 is 1.84 bits per heavy atom. The number of methoxy groups -OCH3 is 1. The molecule has 1 aliphatic rings. The highest BCUT2D eigenvalue weighted by Gasteiger charge is 2.21. The molecule has 0 saturated carbocycles. The van der Waals surface area contributed by atoms with Crippen LogP contribution >= 0.6 is 0 Å². The highest BCUT2D eigenvalue weighted by molar-refractivity contribution is 5.85. The highest BCUT2D eigenvalue weighted by atomic mass is 16.5. The monoisotopic (exact) mass is 425 g/mol. The molecule has 0 unspecified atom stereocenters. The average molecular weight is 426 g/mol. The van der Waals surface area contributed by atoms with E-state index in [0.717, 1.165) is 51.6 Å². The van der Waals surface area contributed by atoms with Crippen LogP contribution in [0, 0.1) is 0 Å². The van der Waals surface area contributed by atoms with Crippen LogP contribution < -0.4 is 10.6 Å². The Morgan fingerprint density at radius 1 is 1.06 bits per heavy atom. The number of benzene rings is 2. The normalized spacial score (nSPS) is 15.3. The molecule has 0 spiro atoms. The number of aliphatic imine (C=N–C) groups is 1. The minimum Gasteiger partial charge on any atom is -0.383 e. The van der Waals surface area contributed by atoms with Gasteiger partial charge in [0.25, 0.3) is 0 Å². The van der Waals surface area contributed by atoms with Crippen molar-refractivity contribution in [2.45, 2.75) is 13.3 Å². The van der Waals surface area contributed by atoms with E-state index in [1.165, 1.54) is 16.3 Å². The Morgan fingerprint density at radius 3 is 2.61 bits per heavy atom. The molecule has 1 aliphatic heterocycles. The maximum atomic E-state index is 12.0. The van der Waals surface area contributed by atoms with E-state index in [-0.39, 0.29) is 5.91 Å². The third-order valence-corrected chi connectivity index (χ3v) is 5.52. The zero-order valence-electron chi connectivity index (χ0n) is 18.8. The van der Waals surface area contributed by atoms with E-state index in [1.54, 1.807) is 7.11 Å². The Bertz CT molecular complexity index is 857. The third-order valence-electron chi connectivity index (χ3n) is 5.52. The highest BCUT2D eigenvalue weighted by Crippen LogP contribution is 2.18. The molecule has 2 N–H and O–H groups in total. The molecule has 0 aliphatic carbocycles. The second-order valence-corrected chi connectivity index (χ2v) is 7.73. The van der Waals surface area contributed by atoms with Crippen molar-refractivity contribution >= 4 is 22.6 Å². The number of guanidine groups is 1. The SMILES string of the molecule is CCNC(=NCCc1cccc2ccccc12)N1CCN(CC(=O)NCCOC)CC1. The van der Waals surface area contributed by atoms with Crippen molar-refractivity contribution in [1.29, 1.82) is 0 Å². The number of carbonyl (C=O) groups excluding carboxylic acids is 1. The minimum absolute atomic E-state index is 0.0566. The van der Waals surface area contributed by atoms with Gasteiger partial charge in [0.1, 0.15) is 0 Å². The van der Waals surface area contributed by atoms with Crippen molar-refractivity contribution in [2.75, 3.05) is 66.1 Å². The summed E-state index contributed by atoms with van der Waals surface area (Å²) < 4.78 is 4.97. The number of piperazine rings is 1. The number of ether oxygens (including phenoxy) is 1. The summed E-state index contributed by atoms with van der Waals surface area (Å²) in [5.74, 6) is 1.02. The van der Waals surface area contributed by atoms with E-state index >= 15 is 0 Å². The van der Waals surface area contributed by atoms with Crippen LogP contribution in [-0.2, 0) is 16.0 Å². The first-order valence-electron chi connectivity index (χ1n) is 11.2. The lowest BCUT2D eigenvalue weighted by atomic mass is 10.0. The largest absolute Gasteiger partial charge is 0.383 e. The van der Waals surface area contributed by atoms with Crippen molar-refractivity contribution in [3.05, 3.63) is 48.0 Å². The maximum absolute atomic E-state index is 12.0. The molecule has 2 aromatic rings. The third kappa shape index (κ3) is 6.94. The maximum Gasteiger partial charge on any atom is 0.234 e. The van der Waals surface area contributed by atoms with E-state index in [9.17, 15) is 4.79 Å². The van der Waals surface area contributed by atoms with E-state index in [0.29, 0.717) is 19.7 Å². The quantitative estimate of drug-likeness (QED) is 0.364. The Labute approximate surface area is 185 Å². The number of nitrogens with one attached hydrogen (secondary N) is 2. The van der Waals surface area contributed by atoms with Crippen molar-refractivity contribution in [2.24, 2.45) is 4.99 Å². The van der Waals surface area contributed by atoms with Gasteiger partial charge in [-0.15, -0.1) is 0 Å². The number of nitrogens with zero attached hydrogens (tertiary/aromatic N) is 3. The fraction of sp³-hybridized carbons (Fsp3) is 0.500. The molecule has 1 fully saturated rings. The molecule has 7 nitrogen and oxygen atoms in total. The van der Waals surface area contributed by atoms with Gasteiger partial charge in [-0.25, -0.2) is 0 Å². The average Bonchev–Trinajstić information content (AvgIpc) is 2.79. The van der Waals surface area contributed by atoms with Gasteiger partial charge in [0.05, 0.1) is 13.2 Å². The summed E-state index contributed by atoms with van der Waals surface area (Å²) >= 11 is 0. The lowest BCUT2D eigenvalue weighted by Crippen LogP contribution is -2.54. The molecule has 1 saturated heterocycles. The summed E-state index contributed by atoms with van der Waals surface area (Å²) in [7, 11) is 1.64. The van der Waals surface area contributed by atoms with Crippen LogP contribution in [0.25, 0.3) is 10.8 Å². The fourth-order valence-corrected chi connectivity index (χ4v) is 3.89. The summed E-state index contributed by atoms with van der Waals surface area (Å²) in [6.07, 6.45) is 0.915. The molecule has 1 amide bonds. The van der Waals surface area contributed by atoms with Crippen LogP contribution in [0.4, 0.5) is 0 Å². The second-order valence-electron chi connectivity index (χ2n) is 7.73. The zero-order valence-corrected chi connectivity index (χ0v) is 18.8. The van der Waals surface area contributed by atoms with Crippen LogP contribution in [0.1, 0.15) is 12.5 Å². The Balaban J connectivity index is 1.51. The second kappa shape index (κ2) is 12.3. The number of amides is 1. The van der Waals surface area contributed by atoms with Gasteiger partial charge in [-0.2, -0.15) is 0 Å². The van der Waals surface area contributed by atoms with Gasteiger partial charge < -0.3 is 20.3 Å². The molecule has 3 rings (SSSR count). The van der Waals surface area contributed by atoms with Gasteiger partial charge in [0.2, 0.25) is 5.91 Å². The first-order valence-corrected chi connectivity index (χ1v) is 11.2. The molecule has 1 heterocycles. The molecule has 7 heteroatoms. The molecule has 31 heavy (non-hydrogen) atoms. The topological polar surface area (TPSA) is 69.2 Å². The van der Waals surface area contributed by atoms with Crippen LogP contribution in [-0.4, -0.2) is 87.7 Å². The minimum atomic E-state index is 0.0566. The van der Waals surface area contributed by atoms with Crippen LogP contribution in [0.5, 0.6) is 0 Å². The molecule has 0 atom stereocenters. The van der Waals surface area contributed by atoms with Crippen molar-refractivity contribution in [1.82, 2.24) is 20.4 Å². The zero-order chi connectivity index (χ0) is 21.9. The molecule has 0 radical (unpaired) electrons. The number of hydrogen-bond acceptors (Lipinski definition) is 4. The summed E-state index contributed by atoms with van der Waals surface area (Å²) in [5, 5.41) is 8.90. The lowest BCUT2D eigenvalue weighted by molar-refractivity contribution is -0.122. The molecule has 0 bridgehead atoms. The lowest BCUT2D eigenvalue weighted by Gasteiger charge is -2.36. The van der Waals surface area contributed by atoms with E-state index in [4.69, 9.17) is 9.73 Å². The van der Waals surface area contributed by atoms with Gasteiger partial charge in [-0.1, -0.05) is 42.5 Å². The van der Waals surface area contributed by atoms with Crippen molar-refractivity contribution in [3.8, 4) is 0 Å². The molecule has 2 aromatic carbocycles. The molecular formula is C24H35N5O2. The number of carbonyl (C=O) groups is 1. The molecule has 0 aromatic heterocycles. The van der Waals surface area contributed by atoms with Crippen molar-refractivity contribution < 1.29 is 9.53 Å². The smallest absolute Gasteiger partial charge is 0.234 e. The van der Waals surface area contributed by atoms with Gasteiger partial charge in [-0.05, 0) is 29.7 Å². The Kier molecular flexibility index (Phi) is 9.12. The van der Waals surface area contributed by atoms with E-state index in [1.807, 2.05) is 0 Å². The van der Waals surface area contributed by atoms with E-state index < -0.39 is 0 Å². The first-order chi connectivity index (χ1) is 15.2. The number of fused-ring (bicyclic) bond motifs is 1. The number of hydrogen-bond donors (Lipinski definition) is 2. The predicted molar refractivity (Wildman–Crippen MR) is 127 cm³/mol. The Hall–Kier alpha value is -2.64. The van der Waals surface area contributed by atoms with Gasteiger partial charge in [0, 0.05) is 52.9 Å². The first kappa shape index (κ1) is 23.0. The van der Waals surface area contributed by atoms with Gasteiger partial charge >= 0.3 is 0 Å². The van der Waals surface area contributed by atoms with Crippen LogP contribution in [0.15, 0.2) is 47.5 Å². The van der Waals surface area contributed by atoms with E-state index in [2.05, 4.69) is 69.8 Å². The van der Waals surface area contributed by atoms with Gasteiger partial charge in [0.15, 0.2) is 5.96 Å². The molecule has 168 valence electrons. The fourth-order valence-electron chi connectivity index (χ4n) is 3.89. The summed E-state index contributed by atoms with van der Waals surface area (Å²) in [4.78, 5) is 21.4. The van der Waals surface area contributed by atoms with Gasteiger partial charge in [-0.3, -0.25) is 14.7 Å². The number of rotatable bonds is 9. The van der Waals surface area contributed by atoms with Crippen molar-refractivity contribution in [3.63, 3.8) is 0 Å². The van der Waals surface area contributed by atoms with Crippen LogP contribution in [0.3, 0.4) is 0 Å². The summed E-state index contributed by atoms with van der Waals surface area (Å²) in [6.45, 7) is 8.67. The summed E-state index contributed by atoms with van der Waals surface area (Å²) in [5.41, 5.74) is 1.34.